The lowest BCUT2D eigenvalue weighted by Crippen LogP contribution is -2.61. The fourth-order valence-electron chi connectivity index (χ4n) is 16.3. The zero-order valence-electron chi connectivity index (χ0n) is 56.1. The zero-order valence-corrected chi connectivity index (χ0v) is 56.1. The highest BCUT2D eigenvalue weighted by Gasteiger charge is 2.46. The normalized spacial score (nSPS) is 13.2. The second kappa shape index (κ2) is 21.3. The third-order valence-corrected chi connectivity index (χ3v) is 21.1. The standard InChI is InChI=1S/C92H74BN3/c1-90(2,3)65-50-64(51-66(53-65)91(4,5)6)63-44-47-77-76(52-63)93-75-46-45-68(94-78-48-42-61-34-22-40-73-74-41-23-35-62-43-49-79(94)86(84(62)74)85(78)83(61)73)56-80(75)96(89-71(59-30-18-12-19-31-59)38-25-39-72(89)60-32-20-13-21-33-60)82-55-67(92(7,8)9)54-81(87(82)93)95(77)88-69(57-26-14-10-15-27-57)36-24-37-70(88)58-28-16-11-17-29-58/h10-56H,1-9H3. The second-order valence-electron chi connectivity index (χ2n) is 30.0. The third kappa shape index (κ3) is 8.87. The van der Waals surface area contributed by atoms with E-state index in [2.05, 4.69) is 362 Å². The van der Waals surface area contributed by atoms with Crippen LogP contribution in [0.3, 0.4) is 0 Å². The van der Waals surface area contributed by atoms with Crippen molar-refractivity contribution in [2.24, 2.45) is 0 Å². The molecule has 18 rings (SSSR count). The predicted molar refractivity (Wildman–Crippen MR) is 413 cm³/mol. The van der Waals surface area contributed by atoms with Crippen molar-refractivity contribution in [2.45, 2.75) is 78.6 Å². The van der Waals surface area contributed by atoms with Crippen molar-refractivity contribution in [3.8, 4) is 61.3 Å². The van der Waals surface area contributed by atoms with Gasteiger partial charge in [-0.15, -0.1) is 0 Å². The summed E-state index contributed by atoms with van der Waals surface area (Å²) in [6.45, 7) is 21.1. The number of aromatic nitrogens is 1. The van der Waals surface area contributed by atoms with Crippen LogP contribution < -0.4 is 26.2 Å². The van der Waals surface area contributed by atoms with E-state index in [1.54, 1.807) is 0 Å². The van der Waals surface area contributed by atoms with Crippen molar-refractivity contribution in [2.75, 3.05) is 9.80 Å². The summed E-state index contributed by atoms with van der Waals surface area (Å²) in [4.78, 5) is 5.41. The minimum Gasteiger partial charge on any atom is -0.310 e. The number of anilines is 6. The predicted octanol–water partition coefficient (Wildman–Crippen LogP) is 23.4. The average molecular weight is 1230 g/mol. The summed E-state index contributed by atoms with van der Waals surface area (Å²) in [6, 6.07) is 109. The fourth-order valence-corrected chi connectivity index (χ4v) is 16.3. The number of benzene rings is 15. The maximum atomic E-state index is 2.72. The molecule has 0 saturated heterocycles. The van der Waals surface area contributed by atoms with Crippen molar-refractivity contribution in [3.05, 3.63) is 302 Å². The molecule has 3 heterocycles. The van der Waals surface area contributed by atoms with Gasteiger partial charge in [0.15, 0.2) is 0 Å². The van der Waals surface area contributed by atoms with E-state index in [1.165, 1.54) is 127 Å². The first-order valence-corrected chi connectivity index (χ1v) is 34.2. The van der Waals surface area contributed by atoms with Crippen molar-refractivity contribution in [1.29, 1.82) is 0 Å². The highest BCUT2D eigenvalue weighted by molar-refractivity contribution is 7.00. The van der Waals surface area contributed by atoms with E-state index in [0.29, 0.717) is 0 Å². The minimum absolute atomic E-state index is 0.0778. The summed E-state index contributed by atoms with van der Waals surface area (Å²) in [6.07, 6.45) is 0. The van der Waals surface area contributed by atoms with E-state index in [1.807, 2.05) is 0 Å². The quantitative estimate of drug-likeness (QED) is 0.0853. The van der Waals surface area contributed by atoms with Gasteiger partial charge in [-0.25, -0.2) is 0 Å². The van der Waals surface area contributed by atoms with Gasteiger partial charge in [-0.1, -0.05) is 305 Å². The van der Waals surface area contributed by atoms with Gasteiger partial charge in [0.25, 0.3) is 6.71 Å². The van der Waals surface area contributed by atoms with Crippen molar-refractivity contribution < 1.29 is 0 Å². The van der Waals surface area contributed by atoms with Crippen LogP contribution >= 0.6 is 0 Å². The number of rotatable bonds is 8. The van der Waals surface area contributed by atoms with E-state index in [9.17, 15) is 0 Å². The van der Waals surface area contributed by atoms with Gasteiger partial charge in [0.2, 0.25) is 0 Å². The average Bonchev–Trinajstić information content (AvgIpc) is 1.33. The molecule has 4 heteroatoms. The number of fused-ring (bicyclic) bond motifs is 5. The van der Waals surface area contributed by atoms with Crippen molar-refractivity contribution in [3.63, 3.8) is 0 Å². The molecule has 0 saturated carbocycles. The monoisotopic (exact) mass is 1230 g/mol. The van der Waals surface area contributed by atoms with Gasteiger partial charge in [-0.3, -0.25) is 0 Å². The van der Waals surface area contributed by atoms with Crippen LogP contribution in [0.4, 0.5) is 34.1 Å². The molecule has 0 aliphatic carbocycles. The number of para-hydroxylation sites is 2. The van der Waals surface area contributed by atoms with Crippen LogP contribution in [-0.2, 0) is 16.2 Å². The SMILES string of the molecule is CC(C)(C)c1cc(-c2ccc3c(c2)B2c4ccc(-n5c6ccc7cccc8c9cccc%10ccc5c(c%109)c6c78)cc4N(c4c(-c5ccccc5)cccc4-c4ccccc4)c4cc(C(C)(C)C)cc(c42)N3c2c(-c3ccccc3)cccc2-c2ccccc2)cc(C(C)(C)C)c1. The Morgan fingerprint density at radius 2 is 0.688 bits per heavy atom. The topological polar surface area (TPSA) is 11.4 Å². The minimum atomic E-state index is -0.283. The fraction of sp³-hybridized carbons (Fsp3) is 0.130. The first kappa shape index (κ1) is 57.7. The van der Waals surface area contributed by atoms with Gasteiger partial charge in [0, 0.05) is 61.5 Å². The third-order valence-electron chi connectivity index (χ3n) is 21.1. The molecule has 0 N–H and O–H groups in total. The second-order valence-corrected chi connectivity index (χ2v) is 30.0. The lowest BCUT2D eigenvalue weighted by molar-refractivity contribution is 0.569. The summed E-state index contributed by atoms with van der Waals surface area (Å²) in [5.74, 6) is 0. The molecule has 460 valence electrons. The molecule has 0 bridgehead atoms. The van der Waals surface area contributed by atoms with Crippen LogP contribution in [0.1, 0.15) is 79.0 Å². The van der Waals surface area contributed by atoms with Crippen LogP contribution in [0, 0.1) is 0 Å². The molecule has 0 amide bonds. The van der Waals surface area contributed by atoms with Crippen LogP contribution in [0.25, 0.3) is 115 Å². The largest absolute Gasteiger partial charge is 0.310 e. The highest BCUT2D eigenvalue weighted by atomic mass is 15.2. The Morgan fingerprint density at radius 1 is 0.271 bits per heavy atom. The van der Waals surface area contributed by atoms with Crippen LogP contribution in [0.2, 0.25) is 0 Å². The van der Waals surface area contributed by atoms with Gasteiger partial charge in [-0.05, 0) is 157 Å². The lowest BCUT2D eigenvalue weighted by Gasteiger charge is -2.46. The summed E-state index contributed by atoms with van der Waals surface area (Å²) >= 11 is 0. The molecule has 2 aliphatic heterocycles. The van der Waals surface area contributed by atoms with Crippen molar-refractivity contribution >= 4 is 111 Å². The van der Waals surface area contributed by atoms with E-state index >= 15 is 0 Å². The van der Waals surface area contributed by atoms with Crippen LogP contribution in [-0.4, -0.2) is 11.3 Å². The zero-order chi connectivity index (χ0) is 65.1. The Labute approximate surface area is 563 Å². The molecule has 0 fully saturated rings. The molecule has 0 unspecified atom stereocenters. The molecule has 15 aromatic carbocycles. The number of hydrogen-bond acceptors (Lipinski definition) is 2. The maximum absolute atomic E-state index is 2.72. The van der Waals surface area contributed by atoms with Gasteiger partial charge >= 0.3 is 0 Å². The smallest absolute Gasteiger partial charge is 0.252 e. The summed E-state index contributed by atoms with van der Waals surface area (Å²) in [5, 5.41) is 10.4. The van der Waals surface area contributed by atoms with E-state index in [-0.39, 0.29) is 23.0 Å². The van der Waals surface area contributed by atoms with Gasteiger partial charge in [0.05, 0.1) is 22.4 Å². The molecule has 0 spiro atoms. The summed E-state index contributed by atoms with van der Waals surface area (Å²) in [7, 11) is 0. The Morgan fingerprint density at radius 3 is 1.12 bits per heavy atom. The van der Waals surface area contributed by atoms with Crippen LogP contribution in [0.5, 0.6) is 0 Å². The first-order chi connectivity index (χ1) is 46.5. The van der Waals surface area contributed by atoms with Gasteiger partial charge < -0.3 is 14.4 Å². The number of hydrogen-bond donors (Lipinski definition) is 0. The molecule has 0 radical (unpaired) electrons. The van der Waals surface area contributed by atoms with Crippen molar-refractivity contribution in [1.82, 2.24) is 4.57 Å². The summed E-state index contributed by atoms with van der Waals surface area (Å²) < 4.78 is 2.59. The maximum Gasteiger partial charge on any atom is 0.252 e. The molecule has 96 heavy (non-hydrogen) atoms. The molecule has 2 aliphatic rings. The van der Waals surface area contributed by atoms with E-state index in [0.717, 1.165) is 56.1 Å². The molecule has 3 nitrogen and oxygen atoms in total. The Hall–Kier alpha value is -10.9. The van der Waals surface area contributed by atoms with Crippen LogP contribution in [0.15, 0.2) is 285 Å². The Kier molecular flexibility index (Phi) is 12.8. The van der Waals surface area contributed by atoms with E-state index in [4.69, 9.17) is 0 Å². The van der Waals surface area contributed by atoms with Gasteiger partial charge in [0.1, 0.15) is 0 Å². The van der Waals surface area contributed by atoms with Gasteiger partial charge in [-0.2, -0.15) is 0 Å². The molecular formula is C92H74BN3. The highest BCUT2D eigenvalue weighted by Crippen LogP contribution is 2.55. The molecule has 16 aromatic rings. The Bertz CT molecular complexity index is 5510. The molecular weight excluding hydrogens is 1160 g/mol. The first-order valence-electron chi connectivity index (χ1n) is 34.2. The molecule has 1 aromatic heterocycles. The Balaban J connectivity index is 1.01. The van der Waals surface area contributed by atoms with E-state index < -0.39 is 0 Å². The number of nitrogens with zero attached hydrogens (tertiary/aromatic N) is 3. The lowest BCUT2D eigenvalue weighted by atomic mass is 9.33. The summed E-state index contributed by atoms with van der Waals surface area (Å²) in [5.41, 5.74) is 29.5. The molecule has 0 atom stereocenters.